The average molecular weight is 425 g/mol. The van der Waals surface area contributed by atoms with Crippen LogP contribution in [0.15, 0.2) is 45.8 Å². The smallest absolute Gasteiger partial charge is 0.431 e. The summed E-state index contributed by atoms with van der Waals surface area (Å²) in [4.78, 5) is 23.9. The molecule has 2 rings (SSSR count). The number of aliphatic hydroxyl groups excluding tert-OH is 1. The first-order valence-corrected chi connectivity index (χ1v) is 8.38. The highest BCUT2D eigenvalue weighted by Gasteiger charge is 2.34. The monoisotopic (exact) mass is 425 g/mol. The third kappa shape index (κ3) is 4.80. The maximum absolute atomic E-state index is 12.7. The third-order valence-corrected chi connectivity index (χ3v) is 4.04. The van der Waals surface area contributed by atoms with Gasteiger partial charge in [-0.2, -0.15) is 13.2 Å². The fourth-order valence-electron chi connectivity index (χ4n) is 2.51. The number of furan rings is 1. The highest BCUT2D eigenvalue weighted by Crippen LogP contribution is 2.30. The second kappa shape index (κ2) is 8.72. The van der Waals surface area contributed by atoms with Crippen molar-refractivity contribution in [2.45, 2.75) is 20.0 Å². The van der Waals surface area contributed by atoms with Gasteiger partial charge in [-0.1, -0.05) is 0 Å². The fourth-order valence-corrected chi connectivity index (χ4v) is 2.51. The number of alkyl halides is 3. The van der Waals surface area contributed by atoms with E-state index in [1.54, 1.807) is 0 Å². The van der Waals surface area contributed by atoms with E-state index in [1.165, 1.54) is 25.1 Å². The normalized spacial score (nSPS) is 13.0. The maximum atomic E-state index is 12.7. The molecule has 2 aromatic rings. The van der Waals surface area contributed by atoms with Gasteiger partial charge in [0.2, 0.25) is 0 Å². The summed E-state index contributed by atoms with van der Waals surface area (Å²) < 4.78 is 48.9. The Morgan fingerprint density at radius 1 is 1.37 bits per heavy atom. The molecule has 160 valence electrons. The summed E-state index contributed by atoms with van der Waals surface area (Å²) in [5, 5.41) is 18.7. The van der Waals surface area contributed by atoms with Gasteiger partial charge in [-0.05, 0) is 25.1 Å². The third-order valence-electron chi connectivity index (χ3n) is 4.04. The number of allylic oxidation sites excluding steroid dienone is 2. The van der Waals surface area contributed by atoms with Crippen LogP contribution in [-0.2, 0) is 4.79 Å². The topological polar surface area (TPSA) is 139 Å². The molecule has 1 amide bonds. The highest BCUT2D eigenvalue weighted by molar-refractivity contribution is 6.10. The SMILES string of the molecule is CC(=O)/C(=C/O)NC(=O)c1c(C)oc2ccc(OC/C(C=N)=C(/N)C(F)(F)F)cc12. The van der Waals surface area contributed by atoms with Crippen molar-refractivity contribution in [2.75, 3.05) is 6.61 Å². The van der Waals surface area contributed by atoms with Gasteiger partial charge in [0.15, 0.2) is 5.78 Å². The number of amides is 1. The molecular formula is C19H18F3N3O5. The van der Waals surface area contributed by atoms with Crippen molar-refractivity contribution in [3.63, 3.8) is 0 Å². The molecule has 0 unspecified atom stereocenters. The van der Waals surface area contributed by atoms with Gasteiger partial charge in [0.25, 0.3) is 5.91 Å². The van der Waals surface area contributed by atoms with E-state index in [0.29, 0.717) is 18.1 Å². The Morgan fingerprint density at radius 3 is 2.57 bits per heavy atom. The Bertz CT molecular complexity index is 1070. The largest absolute Gasteiger partial charge is 0.513 e. The number of fused-ring (bicyclic) bond motifs is 1. The number of carbonyl (C=O) groups excluding carboxylic acids is 2. The molecule has 1 heterocycles. The van der Waals surface area contributed by atoms with E-state index in [0.717, 1.165) is 6.92 Å². The lowest BCUT2D eigenvalue weighted by atomic mass is 10.1. The zero-order chi connectivity index (χ0) is 22.6. The summed E-state index contributed by atoms with van der Waals surface area (Å²) in [5.41, 5.74) is 3.02. The first kappa shape index (κ1) is 22.5. The minimum Gasteiger partial charge on any atom is -0.513 e. The van der Waals surface area contributed by atoms with Crippen LogP contribution < -0.4 is 15.8 Å². The molecule has 8 nitrogen and oxygen atoms in total. The van der Waals surface area contributed by atoms with Crippen LogP contribution in [0.4, 0.5) is 13.2 Å². The number of nitrogens with one attached hydrogen (secondary N) is 2. The van der Waals surface area contributed by atoms with Crippen molar-refractivity contribution < 1.29 is 37.0 Å². The molecule has 1 aromatic carbocycles. The predicted octanol–water partition coefficient (Wildman–Crippen LogP) is 3.26. The Hall–Kier alpha value is -3.76. The van der Waals surface area contributed by atoms with Gasteiger partial charge >= 0.3 is 6.18 Å². The van der Waals surface area contributed by atoms with Crippen LogP contribution in [0, 0.1) is 12.3 Å². The van der Waals surface area contributed by atoms with Crippen molar-refractivity contribution in [3.8, 4) is 5.75 Å². The zero-order valence-electron chi connectivity index (χ0n) is 15.9. The molecule has 0 radical (unpaired) electrons. The molecule has 0 fully saturated rings. The van der Waals surface area contributed by atoms with Crippen LogP contribution in [-0.4, -0.2) is 35.8 Å². The molecule has 0 spiro atoms. The standard InChI is InChI=1S/C19H18F3N3O5/c1-9(27)14(7-26)25-18(28)16-10(2)30-15-4-3-12(5-13(15)16)29-8-11(6-23)17(24)19(20,21)22/h3-7,23,26H,8,24H2,1-2H3,(H,25,28)/b14-7-,17-11+,23-6?. The van der Waals surface area contributed by atoms with E-state index >= 15 is 0 Å². The van der Waals surface area contributed by atoms with Crippen LogP contribution in [0.3, 0.4) is 0 Å². The van der Waals surface area contributed by atoms with Gasteiger partial charge in [0, 0.05) is 24.1 Å². The molecule has 30 heavy (non-hydrogen) atoms. The molecule has 0 saturated heterocycles. The number of ether oxygens (including phenoxy) is 1. The summed E-state index contributed by atoms with van der Waals surface area (Å²) in [5.74, 6) is -1.01. The molecule has 0 aliphatic heterocycles. The second-order valence-corrected chi connectivity index (χ2v) is 6.11. The number of carbonyl (C=O) groups is 2. The van der Waals surface area contributed by atoms with E-state index in [2.05, 4.69) is 5.32 Å². The number of rotatable bonds is 7. The number of nitrogens with two attached hydrogens (primary N) is 1. The Balaban J connectivity index is 2.36. The molecule has 0 saturated carbocycles. The molecule has 0 aliphatic rings. The minimum absolute atomic E-state index is 0.0497. The number of ketones is 1. The number of aliphatic hydroxyl groups is 1. The minimum atomic E-state index is -4.80. The van der Waals surface area contributed by atoms with Gasteiger partial charge < -0.3 is 30.7 Å². The fraction of sp³-hybridized carbons (Fsp3) is 0.211. The van der Waals surface area contributed by atoms with Crippen LogP contribution in [0.5, 0.6) is 5.75 Å². The molecule has 11 heteroatoms. The lowest BCUT2D eigenvalue weighted by Gasteiger charge is -2.12. The lowest BCUT2D eigenvalue weighted by Crippen LogP contribution is -2.26. The Kier molecular flexibility index (Phi) is 6.55. The molecule has 1 aromatic heterocycles. The van der Waals surface area contributed by atoms with Gasteiger partial charge in [-0.15, -0.1) is 0 Å². The molecule has 0 atom stereocenters. The molecule has 0 aliphatic carbocycles. The summed E-state index contributed by atoms with van der Waals surface area (Å²) in [6, 6.07) is 4.22. The number of hydrogen-bond acceptors (Lipinski definition) is 7. The van der Waals surface area contributed by atoms with Crippen LogP contribution in [0.25, 0.3) is 11.0 Å². The Morgan fingerprint density at radius 2 is 2.03 bits per heavy atom. The van der Waals surface area contributed by atoms with Gasteiger partial charge in [0.1, 0.15) is 41.4 Å². The lowest BCUT2D eigenvalue weighted by molar-refractivity contribution is -0.114. The van der Waals surface area contributed by atoms with Crippen molar-refractivity contribution in [1.29, 1.82) is 5.41 Å². The van der Waals surface area contributed by atoms with Crippen LogP contribution >= 0.6 is 0 Å². The maximum Gasteiger partial charge on any atom is 0.431 e. The van der Waals surface area contributed by atoms with E-state index in [-0.39, 0.29) is 28.2 Å². The number of aryl methyl sites for hydroxylation is 1. The van der Waals surface area contributed by atoms with Gasteiger partial charge in [-0.3, -0.25) is 9.59 Å². The van der Waals surface area contributed by atoms with Crippen molar-refractivity contribution in [1.82, 2.24) is 5.32 Å². The van der Waals surface area contributed by atoms with Crippen molar-refractivity contribution in [3.05, 3.63) is 52.8 Å². The highest BCUT2D eigenvalue weighted by atomic mass is 19.4. The average Bonchev–Trinajstić information content (AvgIpc) is 3.00. The van der Waals surface area contributed by atoms with E-state index in [4.69, 9.17) is 25.4 Å². The predicted molar refractivity (Wildman–Crippen MR) is 101 cm³/mol. The first-order chi connectivity index (χ1) is 14.0. The molecule has 0 bridgehead atoms. The summed E-state index contributed by atoms with van der Waals surface area (Å²) >= 11 is 0. The zero-order valence-corrected chi connectivity index (χ0v) is 15.9. The van der Waals surface area contributed by atoms with E-state index in [9.17, 15) is 22.8 Å². The molecule has 5 N–H and O–H groups in total. The van der Waals surface area contributed by atoms with Gasteiger partial charge in [0.05, 0.1) is 5.56 Å². The van der Waals surface area contributed by atoms with E-state index < -0.39 is 35.7 Å². The summed E-state index contributed by atoms with van der Waals surface area (Å²) in [7, 11) is 0. The molecular weight excluding hydrogens is 407 g/mol. The number of Topliss-reactive ketones (excluding diaryl/α,β-unsaturated/α-hetero) is 1. The van der Waals surface area contributed by atoms with Gasteiger partial charge in [-0.25, -0.2) is 0 Å². The van der Waals surface area contributed by atoms with Crippen LogP contribution in [0.2, 0.25) is 0 Å². The van der Waals surface area contributed by atoms with E-state index in [1.807, 2.05) is 0 Å². The first-order valence-electron chi connectivity index (χ1n) is 8.38. The summed E-state index contributed by atoms with van der Waals surface area (Å²) in [6.45, 7) is 2.03. The summed E-state index contributed by atoms with van der Waals surface area (Å²) in [6.07, 6.45) is -3.89. The quantitative estimate of drug-likeness (QED) is 0.305. The number of benzene rings is 1. The van der Waals surface area contributed by atoms with Crippen molar-refractivity contribution >= 4 is 28.9 Å². The number of halogens is 3. The number of hydrogen-bond donors (Lipinski definition) is 4. The Labute approximate surface area is 168 Å². The van der Waals surface area contributed by atoms with Crippen LogP contribution in [0.1, 0.15) is 23.0 Å². The van der Waals surface area contributed by atoms with Crippen molar-refractivity contribution in [2.24, 2.45) is 5.73 Å². The second-order valence-electron chi connectivity index (χ2n) is 6.11.